The Morgan fingerprint density at radius 2 is 1.72 bits per heavy atom. The molecule has 0 N–H and O–H groups in total. The van der Waals surface area contributed by atoms with Gasteiger partial charge >= 0.3 is 17.3 Å². The quantitative estimate of drug-likeness (QED) is 0.154. The number of para-hydroxylation sites is 1. The number of allylic oxidation sites excluding steroid dienone is 2. The number of esters is 1. The number of carbonyl (C=O) groups is 1. The maximum absolute atomic E-state index is 14.5. The molecule has 3 unspecified atom stereocenters. The smallest absolute Gasteiger partial charge is 0.352 e. The Bertz CT molecular complexity index is 1570. The van der Waals surface area contributed by atoms with Crippen molar-refractivity contribution in [1.29, 1.82) is 0 Å². The van der Waals surface area contributed by atoms with Crippen molar-refractivity contribution in [3.05, 3.63) is 63.5 Å². The number of carbonyl (C=O) groups excluding carboxylic acids is 1. The summed E-state index contributed by atoms with van der Waals surface area (Å²) in [6.45, 7) is 12.1. The van der Waals surface area contributed by atoms with Crippen LogP contribution < -0.4 is 11.4 Å². The molecule has 4 aliphatic rings. The Hall–Kier alpha value is -2.35. The summed E-state index contributed by atoms with van der Waals surface area (Å²) in [6.07, 6.45) is 15.3. The van der Waals surface area contributed by atoms with Crippen molar-refractivity contribution in [2.45, 2.75) is 110 Å². The zero-order chi connectivity index (χ0) is 33.0. The molecule has 7 nitrogen and oxygen atoms in total. The molecular weight excluding hydrogens is 642 g/mol. The predicted octanol–water partition coefficient (Wildman–Crippen LogP) is 7.62. The van der Waals surface area contributed by atoms with Crippen molar-refractivity contribution in [3.63, 3.8) is 0 Å². The first kappa shape index (κ1) is 33.5. The second-order valence-corrected chi connectivity index (χ2v) is 16.6. The molecular formula is C38H54BrN3O4. The highest BCUT2D eigenvalue weighted by Gasteiger charge is 2.65. The molecule has 8 heteroatoms. The molecule has 0 amide bonds. The maximum atomic E-state index is 14.5. The number of rotatable bonds is 9. The van der Waals surface area contributed by atoms with E-state index >= 15 is 0 Å². The molecule has 252 valence electrons. The molecule has 0 saturated heterocycles. The zero-order valence-electron chi connectivity index (χ0n) is 28.7. The number of hydrogen-bond donors (Lipinski definition) is 0. The van der Waals surface area contributed by atoms with E-state index in [4.69, 9.17) is 4.74 Å². The molecule has 3 fully saturated rings. The van der Waals surface area contributed by atoms with Crippen LogP contribution in [0.1, 0.15) is 98.8 Å². The third kappa shape index (κ3) is 5.24. The van der Waals surface area contributed by atoms with Crippen LogP contribution in [0.4, 0.5) is 0 Å². The van der Waals surface area contributed by atoms with Gasteiger partial charge in [0, 0.05) is 18.9 Å². The van der Waals surface area contributed by atoms with Gasteiger partial charge in [0.25, 0.3) is 0 Å². The Morgan fingerprint density at radius 1 is 0.978 bits per heavy atom. The Kier molecular flexibility index (Phi) is 9.18. The van der Waals surface area contributed by atoms with Crippen molar-refractivity contribution in [1.82, 2.24) is 13.9 Å². The molecule has 9 atom stereocenters. The van der Waals surface area contributed by atoms with Crippen molar-refractivity contribution in [2.75, 3.05) is 5.33 Å². The van der Waals surface area contributed by atoms with Gasteiger partial charge in [-0.3, -0.25) is 4.79 Å². The van der Waals surface area contributed by atoms with Crippen LogP contribution in [-0.2, 0) is 22.1 Å². The summed E-state index contributed by atoms with van der Waals surface area (Å²) in [6, 6.07) is 9.20. The number of aromatic nitrogens is 3. The molecule has 6 rings (SSSR count). The summed E-state index contributed by atoms with van der Waals surface area (Å²) in [5.41, 5.74) is -0.898. The molecule has 0 bridgehead atoms. The highest BCUT2D eigenvalue weighted by atomic mass is 79.9. The van der Waals surface area contributed by atoms with Gasteiger partial charge in [0.2, 0.25) is 0 Å². The van der Waals surface area contributed by atoms with E-state index in [9.17, 15) is 14.4 Å². The molecule has 4 aliphatic carbocycles. The molecule has 0 radical (unpaired) electrons. The lowest BCUT2D eigenvalue weighted by atomic mass is 9.44. The van der Waals surface area contributed by atoms with Gasteiger partial charge in [-0.05, 0) is 91.6 Å². The number of ether oxygens (including phenoxy) is 1. The minimum absolute atomic E-state index is 0.133. The predicted molar refractivity (Wildman–Crippen MR) is 186 cm³/mol. The molecule has 46 heavy (non-hydrogen) atoms. The molecule has 0 aliphatic heterocycles. The lowest BCUT2D eigenvalue weighted by Gasteiger charge is -2.63. The fourth-order valence-electron chi connectivity index (χ4n) is 11.1. The lowest BCUT2D eigenvalue weighted by molar-refractivity contribution is -0.160. The van der Waals surface area contributed by atoms with Crippen LogP contribution in [0.15, 0.2) is 52.1 Å². The summed E-state index contributed by atoms with van der Waals surface area (Å²) in [5, 5.41) is 0.133. The highest BCUT2D eigenvalue weighted by molar-refractivity contribution is 9.09. The number of alkyl halides is 1. The van der Waals surface area contributed by atoms with Crippen LogP contribution in [0.25, 0.3) is 5.69 Å². The zero-order valence-corrected chi connectivity index (χ0v) is 30.3. The first-order valence-corrected chi connectivity index (χ1v) is 18.9. The Labute approximate surface area is 282 Å². The first-order chi connectivity index (χ1) is 21.9. The number of hydrogen-bond acceptors (Lipinski definition) is 4. The number of halogens is 1. The SMILES string of the molecule is CC(C)CCC[C@@H](C)C1CC[C@H]2C3C=CC4(n5c(=O)n(-c6ccccc6)c(=O)n5C)C[C@@H](OC(=O)CBr)CC[C@]4(C)[C@H]3CC[C@]12C. The third-order valence-electron chi connectivity index (χ3n) is 13.4. The van der Waals surface area contributed by atoms with Gasteiger partial charge in [-0.25, -0.2) is 23.5 Å². The average Bonchev–Trinajstić information content (AvgIpc) is 3.49. The van der Waals surface area contributed by atoms with E-state index in [1.807, 2.05) is 18.2 Å². The van der Waals surface area contributed by atoms with Crippen molar-refractivity contribution in [2.24, 2.45) is 53.4 Å². The average molecular weight is 697 g/mol. The van der Waals surface area contributed by atoms with E-state index in [1.165, 1.54) is 47.8 Å². The molecule has 1 aromatic heterocycles. The monoisotopic (exact) mass is 695 g/mol. The fourth-order valence-corrected chi connectivity index (χ4v) is 11.2. The van der Waals surface area contributed by atoms with Gasteiger partial charge in [-0.1, -0.05) is 100 Å². The van der Waals surface area contributed by atoms with Crippen molar-refractivity contribution >= 4 is 21.9 Å². The van der Waals surface area contributed by atoms with Crippen LogP contribution in [0, 0.1) is 46.3 Å². The van der Waals surface area contributed by atoms with E-state index < -0.39 is 5.54 Å². The van der Waals surface area contributed by atoms with Crippen LogP contribution >= 0.6 is 15.9 Å². The van der Waals surface area contributed by atoms with E-state index in [-0.39, 0.29) is 34.2 Å². The summed E-state index contributed by atoms with van der Waals surface area (Å²) in [4.78, 5) is 40.8. The van der Waals surface area contributed by atoms with Crippen LogP contribution in [0.2, 0.25) is 0 Å². The van der Waals surface area contributed by atoms with Gasteiger partial charge in [0.15, 0.2) is 0 Å². The summed E-state index contributed by atoms with van der Waals surface area (Å²) in [7, 11) is 1.71. The Balaban J connectivity index is 1.42. The standard InChI is InChI=1S/C38H54BrN3O4/c1-25(2)11-10-12-26(3)30-15-16-31-29-18-22-38(42-35(45)41(34(44)40(42)6)27-13-8-7-9-14-27)23-28(46-33(43)24-39)17-21-37(38,5)32(29)19-20-36(30,31)4/h7-9,13-14,18,22,25-26,28-32H,10-12,15-17,19-21,23-24H2,1-6H3/t26-,28+,29?,30?,31+,32+,36-,37-,38?/m1/s1. The van der Waals surface area contributed by atoms with Gasteiger partial charge < -0.3 is 4.74 Å². The first-order valence-electron chi connectivity index (χ1n) is 17.8. The van der Waals surface area contributed by atoms with E-state index in [0.29, 0.717) is 35.3 Å². The van der Waals surface area contributed by atoms with Crippen LogP contribution in [0.5, 0.6) is 0 Å². The normalized spacial score (nSPS) is 35.8. The van der Waals surface area contributed by atoms with Gasteiger partial charge in [0.05, 0.1) is 11.2 Å². The summed E-state index contributed by atoms with van der Waals surface area (Å²) < 4.78 is 10.5. The number of nitrogens with zero attached hydrogens (tertiary/aromatic N) is 3. The molecule has 3 saturated carbocycles. The molecule has 2 aromatic rings. The molecule has 0 spiro atoms. The van der Waals surface area contributed by atoms with Gasteiger partial charge in [-0.2, -0.15) is 0 Å². The highest BCUT2D eigenvalue weighted by Crippen LogP contribution is 2.69. The number of fused-ring (bicyclic) bond motifs is 5. The summed E-state index contributed by atoms with van der Waals surface area (Å²) >= 11 is 3.26. The van der Waals surface area contributed by atoms with Gasteiger partial charge in [0.1, 0.15) is 11.4 Å². The molecule has 1 heterocycles. The molecule has 1 aromatic carbocycles. The lowest BCUT2D eigenvalue weighted by Crippen LogP contribution is -2.64. The van der Waals surface area contributed by atoms with Gasteiger partial charge in [-0.15, -0.1) is 0 Å². The second-order valence-electron chi connectivity index (χ2n) is 16.1. The van der Waals surface area contributed by atoms with E-state index in [1.54, 1.807) is 23.9 Å². The minimum Gasteiger partial charge on any atom is -0.462 e. The summed E-state index contributed by atoms with van der Waals surface area (Å²) in [5.74, 6) is 3.39. The van der Waals surface area contributed by atoms with Crippen molar-refractivity contribution < 1.29 is 9.53 Å². The van der Waals surface area contributed by atoms with Crippen LogP contribution in [-0.4, -0.2) is 31.3 Å². The largest absolute Gasteiger partial charge is 0.462 e. The maximum Gasteiger partial charge on any atom is 0.352 e. The van der Waals surface area contributed by atoms with Crippen molar-refractivity contribution in [3.8, 4) is 5.69 Å². The Morgan fingerprint density at radius 3 is 2.41 bits per heavy atom. The topological polar surface area (TPSA) is 75.2 Å². The third-order valence-corrected chi connectivity index (χ3v) is 13.9. The number of benzene rings is 1. The fraction of sp³-hybridized carbons (Fsp3) is 0.711. The van der Waals surface area contributed by atoms with E-state index in [0.717, 1.165) is 37.0 Å². The minimum atomic E-state index is -0.801. The van der Waals surface area contributed by atoms with Crippen LogP contribution in [0.3, 0.4) is 0 Å². The second kappa shape index (κ2) is 12.6. The van der Waals surface area contributed by atoms with E-state index in [2.05, 4.69) is 62.7 Å².